The van der Waals surface area contributed by atoms with Gasteiger partial charge in [-0.3, -0.25) is 0 Å². The number of allylic oxidation sites excluding steroid dienone is 1. The van der Waals surface area contributed by atoms with Gasteiger partial charge in [-0.15, -0.1) is 0 Å². The molecule has 3 aromatic carbocycles. The van der Waals surface area contributed by atoms with Gasteiger partial charge in [0.15, 0.2) is 18.1 Å². The Kier molecular flexibility index (Phi) is 6.78. The van der Waals surface area contributed by atoms with Crippen LogP contribution < -0.4 is 29.4 Å². The first kappa shape index (κ1) is 23.5. The summed E-state index contributed by atoms with van der Waals surface area (Å²) in [6.07, 6.45) is 0. The van der Waals surface area contributed by atoms with Gasteiger partial charge < -0.3 is 29.4 Å². The number of para-hydroxylation sites is 1. The molecule has 8 nitrogen and oxygen atoms in total. The van der Waals surface area contributed by atoms with Crippen LogP contribution in [-0.4, -0.2) is 26.8 Å². The third-order valence-electron chi connectivity index (χ3n) is 5.51. The smallest absolute Gasteiger partial charge is 0.349 e. The second-order valence-corrected chi connectivity index (χ2v) is 7.79. The summed E-state index contributed by atoms with van der Waals surface area (Å²) in [4.78, 5) is 12.3. The molecule has 0 aromatic heterocycles. The van der Waals surface area contributed by atoms with Crippen LogP contribution in [0.25, 0.3) is 0 Å². The quantitative estimate of drug-likeness (QED) is 0.402. The van der Waals surface area contributed by atoms with Crippen LogP contribution >= 0.6 is 0 Å². The van der Waals surface area contributed by atoms with Crippen molar-refractivity contribution < 1.29 is 28.5 Å². The molecule has 0 radical (unpaired) electrons. The Bertz CT molecular complexity index is 1340. The first-order valence-electron chi connectivity index (χ1n) is 10.8. The van der Waals surface area contributed by atoms with Crippen LogP contribution in [0.2, 0.25) is 0 Å². The van der Waals surface area contributed by atoms with Crippen LogP contribution in [0.1, 0.15) is 22.6 Å². The van der Waals surface area contributed by atoms with Gasteiger partial charge in [-0.2, -0.15) is 5.26 Å². The number of carbonyl (C=O) groups excluding carboxylic acids is 1. The third-order valence-corrected chi connectivity index (χ3v) is 5.51. The molecule has 35 heavy (non-hydrogen) atoms. The normalized spacial score (nSPS) is 14.3. The van der Waals surface area contributed by atoms with Crippen molar-refractivity contribution in [1.82, 2.24) is 0 Å². The lowest BCUT2D eigenvalue weighted by Crippen LogP contribution is -2.22. The lowest BCUT2D eigenvalue weighted by atomic mass is 9.83. The largest absolute Gasteiger partial charge is 0.493 e. The van der Waals surface area contributed by atoms with Crippen LogP contribution in [0.5, 0.6) is 28.7 Å². The zero-order chi connectivity index (χ0) is 24.9. The van der Waals surface area contributed by atoms with Gasteiger partial charge in [0.1, 0.15) is 28.9 Å². The first-order chi connectivity index (χ1) is 16.9. The number of esters is 1. The summed E-state index contributed by atoms with van der Waals surface area (Å²) in [7, 11) is 3.07. The minimum absolute atomic E-state index is 0.0406. The number of rotatable bonds is 7. The highest BCUT2D eigenvalue weighted by Gasteiger charge is 2.33. The predicted octanol–water partition coefficient (Wildman–Crippen LogP) is 4.21. The summed E-state index contributed by atoms with van der Waals surface area (Å²) in [5.74, 6) is 1.02. The molecule has 0 spiro atoms. The number of methoxy groups -OCH3 is 2. The highest BCUT2D eigenvalue weighted by Crippen LogP contribution is 2.47. The predicted molar refractivity (Wildman–Crippen MR) is 128 cm³/mol. The standard InChI is InChI=1S/C27H24N2O6/c1-16-6-4-7-17(12-16)33-15-24(30)34-18-10-11-19-23(13-18)35-27(29)21(14-28)25(19)20-8-5-9-22(31-2)26(20)32-3/h4-13,25H,15,29H2,1-3H3. The van der Waals surface area contributed by atoms with E-state index in [1.165, 1.54) is 14.2 Å². The minimum Gasteiger partial charge on any atom is -0.493 e. The Hall–Kier alpha value is -4.64. The van der Waals surface area contributed by atoms with Crippen LogP contribution in [0, 0.1) is 18.3 Å². The molecule has 0 bridgehead atoms. The number of nitrogens with zero attached hydrogens (tertiary/aromatic N) is 1. The van der Waals surface area contributed by atoms with Crippen LogP contribution in [0.15, 0.2) is 72.1 Å². The van der Waals surface area contributed by atoms with E-state index in [2.05, 4.69) is 6.07 Å². The topological polar surface area (TPSA) is 113 Å². The molecule has 0 saturated carbocycles. The molecule has 8 heteroatoms. The van der Waals surface area contributed by atoms with E-state index in [1.54, 1.807) is 36.4 Å². The maximum Gasteiger partial charge on any atom is 0.349 e. The maximum absolute atomic E-state index is 12.3. The lowest BCUT2D eigenvalue weighted by Gasteiger charge is -2.28. The van der Waals surface area contributed by atoms with Crippen molar-refractivity contribution in [2.75, 3.05) is 20.8 Å². The molecular formula is C27H24N2O6. The Morgan fingerprint density at radius 2 is 1.83 bits per heavy atom. The average Bonchev–Trinajstić information content (AvgIpc) is 2.86. The molecule has 2 N–H and O–H groups in total. The van der Waals surface area contributed by atoms with Gasteiger partial charge in [-0.05, 0) is 36.8 Å². The number of ether oxygens (including phenoxy) is 5. The summed E-state index contributed by atoms with van der Waals surface area (Å²) in [6, 6.07) is 19.8. The van der Waals surface area contributed by atoms with Crippen molar-refractivity contribution in [3.8, 4) is 34.8 Å². The molecule has 0 amide bonds. The van der Waals surface area contributed by atoms with Gasteiger partial charge in [-0.1, -0.05) is 30.3 Å². The van der Waals surface area contributed by atoms with E-state index < -0.39 is 11.9 Å². The van der Waals surface area contributed by atoms with E-state index in [1.807, 2.05) is 31.2 Å². The van der Waals surface area contributed by atoms with Gasteiger partial charge in [0, 0.05) is 17.2 Å². The fraction of sp³-hybridized carbons (Fsp3) is 0.185. The number of nitriles is 1. The molecule has 0 saturated heterocycles. The molecule has 178 valence electrons. The van der Waals surface area contributed by atoms with Gasteiger partial charge in [0.2, 0.25) is 5.88 Å². The monoisotopic (exact) mass is 472 g/mol. The van der Waals surface area contributed by atoms with Crippen LogP contribution in [-0.2, 0) is 4.79 Å². The van der Waals surface area contributed by atoms with Crippen molar-refractivity contribution in [3.05, 3.63) is 88.8 Å². The summed E-state index contributed by atoms with van der Waals surface area (Å²) in [5, 5.41) is 9.83. The number of hydrogen-bond donors (Lipinski definition) is 1. The Labute approximate surface area is 203 Å². The van der Waals surface area contributed by atoms with E-state index in [-0.39, 0.29) is 23.8 Å². The summed E-state index contributed by atoms with van der Waals surface area (Å²) < 4.78 is 27.7. The molecular weight excluding hydrogens is 448 g/mol. The number of benzene rings is 3. The van der Waals surface area contributed by atoms with E-state index in [0.29, 0.717) is 34.1 Å². The Morgan fingerprint density at radius 3 is 2.54 bits per heavy atom. The molecule has 3 aromatic rings. The second-order valence-electron chi connectivity index (χ2n) is 7.79. The Balaban J connectivity index is 1.61. The van der Waals surface area contributed by atoms with E-state index in [4.69, 9.17) is 29.4 Å². The van der Waals surface area contributed by atoms with Gasteiger partial charge in [-0.25, -0.2) is 4.79 Å². The average molecular weight is 472 g/mol. The molecule has 1 unspecified atom stereocenters. The Morgan fingerprint density at radius 1 is 1.03 bits per heavy atom. The summed E-state index contributed by atoms with van der Waals surface area (Å²) in [5.41, 5.74) is 8.71. The van der Waals surface area contributed by atoms with Crippen molar-refractivity contribution in [3.63, 3.8) is 0 Å². The van der Waals surface area contributed by atoms with Crippen LogP contribution in [0.4, 0.5) is 0 Å². The van der Waals surface area contributed by atoms with Gasteiger partial charge in [0.25, 0.3) is 0 Å². The molecule has 4 rings (SSSR count). The molecule has 1 heterocycles. The zero-order valence-corrected chi connectivity index (χ0v) is 19.5. The van der Waals surface area contributed by atoms with E-state index >= 15 is 0 Å². The number of fused-ring (bicyclic) bond motifs is 1. The fourth-order valence-electron chi connectivity index (χ4n) is 3.97. The first-order valence-corrected chi connectivity index (χ1v) is 10.8. The molecule has 0 fully saturated rings. The van der Waals surface area contributed by atoms with Crippen molar-refractivity contribution in [2.24, 2.45) is 5.73 Å². The number of carbonyl (C=O) groups is 1. The molecule has 1 aliphatic heterocycles. The molecule has 1 atom stereocenters. The molecule has 1 aliphatic rings. The van der Waals surface area contributed by atoms with Crippen molar-refractivity contribution >= 4 is 5.97 Å². The summed E-state index contributed by atoms with van der Waals surface area (Å²) >= 11 is 0. The second kappa shape index (κ2) is 10.1. The van der Waals surface area contributed by atoms with E-state index in [0.717, 1.165) is 5.56 Å². The zero-order valence-electron chi connectivity index (χ0n) is 19.5. The lowest BCUT2D eigenvalue weighted by molar-refractivity contribution is -0.136. The maximum atomic E-state index is 12.3. The number of aryl methyl sites for hydroxylation is 1. The number of nitrogens with two attached hydrogens (primary N) is 1. The van der Waals surface area contributed by atoms with E-state index in [9.17, 15) is 10.1 Å². The minimum atomic E-state index is -0.575. The van der Waals surface area contributed by atoms with Crippen molar-refractivity contribution in [1.29, 1.82) is 5.26 Å². The van der Waals surface area contributed by atoms with Crippen molar-refractivity contribution in [2.45, 2.75) is 12.8 Å². The summed E-state index contributed by atoms with van der Waals surface area (Å²) in [6.45, 7) is 1.68. The fourth-order valence-corrected chi connectivity index (χ4v) is 3.97. The SMILES string of the molecule is COc1cccc(C2C(C#N)=C(N)Oc3cc(OC(=O)COc4cccc(C)c4)ccc32)c1OC. The van der Waals surface area contributed by atoms with Gasteiger partial charge >= 0.3 is 5.97 Å². The highest BCUT2D eigenvalue weighted by atomic mass is 16.6. The third kappa shape index (κ3) is 4.84. The van der Waals surface area contributed by atoms with Crippen LogP contribution in [0.3, 0.4) is 0 Å². The number of hydrogen-bond acceptors (Lipinski definition) is 8. The van der Waals surface area contributed by atoms with Gasteiger partial charge in [0.05, 0.1) is 20.1 Å². The molecule has 0 aliphatic carbocycles. The highest BCUT2D eigenvalue weighted by molar-refractivity contribution is 5.74.